The molecule has 0 aliphatic heterocycles. The highest BCUT2D eigenvalue weighted by atomic mass is 32.1. The maximum atomic E-state index is 5.35. The predicted octanol–water partition coefficient (Wildman–Crippen LogP) is 15.3. The Hall–Kier alpha value is -7.53. The van der Waals surface area contributed by atoms with E-state index in [1.54, 1.807) is 0 Å². The van der Waals surface area contributed by atoms with Gasteiger partial charge in [0.15, 0.2) is 0 Å². The van der Waals surface area contributed by atoms with Crippen molar-refractivity contribution in [2.75, 3.05) is 0 Å². The van der Waals surface area contributed by atoms with Crippen LogP contribution in [0.5, 0.6) is 0 Å². The number of para-hydroxylation sites is 1. The molecule has 4 heterocycles. The molecule has 9 aromatic carbocycles. The van der Waals surface area contributed by atoms with Crippen LogP contribution in [0.25, 0.3) is 129 Å². The van der Waals surface area contributed by atoms with Crippen LogP contribution in [-0.2, 0) is 0 Å². The zero-order valence-corrected chi connectivity index (χ0v) is 32.5. The van der Waals surface area contributed by atoms with Gasteiger partial charge in [-0.3, -0.25) is 9.97 Å². The fraction of sp³-hybridized carbons (Fsp3) is 0. The Morgan fingerprint density at radius 3 is 1.81 bits per heavy atom. The molecule has 0 fully saturated rings. The first-order valence-corrected chi connectivity index (χ1v) is 20.8. The van der Waals surface area contributed by atoms with Crippen LogP contribution < -0.4 is 0 Å². The number of rotatable bonds is 3. The van der Waals surface area contributed by atoms with Gasteiger partial charge in [-0.15, -0.1) is 11.3 Å². The number of hydrogen-bond donors (Lipinski definition) is 0. The minimum Gasteiger partial charge on any atom is -0.254 e. The van der Waals surface area contributed by atoms with Crippen LogP contribution >= 0.6 is 11.3 Å². The maximum Gasteiger partial charge on any atom is 0.0970 e. The summed E-state index contributed by atoms with van der Waals surface area (Å²) in [6.45, 7) is 0. The molecule has 59 heavy (non-hydrogen) atoms. The van der Waals surface area contributed by atoms with E-state index < -0.39 is 0 Å². The SMILES string of the molecule is c1cc(-c2ccc3c4ccc(-c5cc6cccnc6c6ncccc56)cc4c4ccccc4c3c2)cc(-c2nc3ccccc3c3c2ccc2c4ccccc4sc23)c1. The number of nitrogens with zero attached hydrogens (tertiary/aromatic N) is 3. The summed E-state index contributed by atoms with van der Waals surface area (Å²) in [6.07, 6.45) is 3.70. The van der Waals surface area contributed by atoms with E-state index in [0.29, 0.717) is 0 Å². The van der Waals surface area contributed by atoms with Gasteiger partial charge in [0.2, 0.25) is 0 Å². The molecule has 0 radical (unpaired) electrons. The monoisotopic (exact) mass is 765 g/mol. The van der Waals surface area contributed by atoms with Crippen LogP contribution in [0, 0.1) is 0 Å². The first-order chi connectivity index (χ1) is 29.2. The molecule has 4 heteroatoms. The number of pyridine rings is 3. The molecule has 13 rings (SSSR count). The lowest BCUT2D eigenvalue weighted by Gasteiger charge is -2.15. The summed E-state index contributed by atoms with van der Waals surface area (Å²) < 4.78 is 2.63. The van der Waals surface area contributed by atoms with E-state index in [1.807, 2.05) is 35.9 Å². The van der Waals surface area contributed by atoms with Gasteiger partial charge < -0.3 is 0 Å². The fourth-order valence-electron chi connectivity index (χ4n) is 9.60. The molecule has 0 spiro atoms. The van der Waals surface area contributed by atoms with E-state index in [4.69, 9.17) is 15.0 Å². The lowest BCUT2D eigenvalue weighted by molar-refractivity contribution is 1.37. The summed E-state index contributed by atoms with van der Waals surface area (Å²) in [4.78, 5) is 14.8. The Kier molecular flexibility index (Phi) is 6.89. The summed E-state index contributed by atoms with van der Waals surface area (Å²) in [6, 6.07) is 64.2. The van der Waals surface area contributed by atoms with Crippen molar-refractivity contribution in [1.82, 2.24) is 15.0 Å². The predicted molar refractivity (Wildman–Crippen MR) is 252 cm³/mol. The number of fused-ring (bicyclic) bond motifs is 16. The molecule has 0 bridgehead atoms. The number of benzene rings is 9. The van der Waals surface area contributed by atoms with Crippen LogP contribution in [0.3, 0.4) is 0 Å². The highest BCUT2D eigenvalue weighted by molar-refractivity contribution is 7.26. The van der Waals surface area contributed by atoms with E-state index >= 15 is 0 Å². The van der Waals surface area contributed by atoms with Gasteiger partial charge in [-0.1, -0.05) is 127 Å². The minimum absolute atomic E-state index is 0.929. The van der Waals surface area contributed by atoms with Gasteiger partial charge in [0.05, 0.1) is 22.2 Å². The standard InChI is InChI=1S/C55H31N3S/c1-2-14-38-37(13-1)47-29-33(20-22-39(47)40-23-21-34(30-48(38)40)46-31-36-12-8-26-56-53(36)54-42(46)17-9-27-57-54)32-10-7-11-35(28-32)52-45-25-24-43-41-15-4-6-19-50(41)59-55(43)51(45)44-16-3-5-18-49(44)58-52/h1-31H. The van der Waals surface area contributed by atoms with Crippen molar-refractivity contribution in [2.24, 2.45) is 0 Å². The topological polar surface area (TPSA) is 38.7 Å². The van der Waals surface area contributed by atoms with Crippen LogP contribution in [-0.4, -0.2) is 15.0 Å². The van der Waals surface area contributed by atoms with Gasteiger partial charge in [-0.25, -0.2) is 4.98 Å². The summed E-state index contributed by atoms with van der Waals surface area (Å²) in [5, 5.41) is 15.9. The second-order valence-electron chi connectivity index (χ2n) is 15.5. The van der Waals surface area contributed by atoms with E-state index in [1.165, 1.54) is 85.3 Å². The molecule has 272 valence electrons. The van der Waals surface area contributed by atoms with Crippen molar-refractivity contribution < 1.29 is 0 Å². The van der Waals surface area contributed by atoms with Crippen molar-refractivity contribution in [3.63, 3.8) is 0 Å². The summed E-state index contributed by atoms with van der Waals surface area (Å²) in [7, 11) is 0. The van der Waals surface area contributed by atoms with Gasteiger partial charge in [-0.05, 0) is 103 Å². The number of aromatic nitrogens is 3. The normalized spacial score (nSPS) is 12.1. The van der Waals surface area contributed by atoms with Crippen LogP contribution in [0.4, 0.5) is 0 Å². The zero-order chi connectivity index (χ0) is 38.6. The van der Waals surface area contributed by atoms with Crippen molar-refractivity contribution in [2.45, 2.75) is 0 Å². The average molecular weight is 766 g/mol. The Labute approximate surface area is 342 Å². The van der Waals surface area contributed by atoms with E-state index in [2.05, 4.69) is 164 Å². The first kappa shape index (κ1) is 32.5. The highest BCUT2D eigenvalue weighted by Crippen LogP contribution is 2.45. The lowest BCUT2D eigenvalue weighted by atomic mass is 9.89. The third-order valence-corrected chi connectivity index (χ3v) is 13.5. The average Bonchev–Trinajstić information content (AvgIpc) is 3.70. The van der Waals surface area contributed by atoms with Crippen molar-refractivity contribution in [1.29, 1.82) is 0 Å². The second-order valence-corrected chi connectivity index (χ2v) is 16.5. The number of thiophene rings is 1. The maximum absolute atomic E-state index is 5.35. The third-order valence-electron chi connectivity index (χ3n) is 12.3. The third kappa shape index (κ3) is 4.84. The molecule has 0 amide bonds. The molecule has 0 aliphatic carbocycles. The Bertz CT molecular complexity index is 3900. The van der Waals surface area contributed by atoms with Crippen molar-refractivity contribution >= 4 is 107 Å². The fourth-order valence-corrected chi connectivity index (χ4v) is 10.9. The molecule has 0 aliphatic rings. The summed E-state index contributed by atoms with van der Waals surface area (Å²) in [5.41, 5.74) is 9.68. The van der Waals surface area contributed by atoms with Crippen molar-refractivity contribution in [3.8, 4) is 33.5 Å². The lowest BCUT2D eigenvalue weighted by Crippen LogP contribution is -1.91. The van der Waals surface area contributed by atoms with Crippen LogP contribution in [0.15, 0.2) is 188 Å². The van der Waals surface area contributed by atoms with Gasteiger partial charge in [0.25, 0.3) is 0 Å². The van der Waals surface area contributed by atoms with Crippen LogP contribution in [0.2, 0.25) is 0 Å². The summed E-state index contributed by atoms with van der Waals surface area (Å²) in [5.74, 6) is 0. The second kappa shape index (κ2) is 12.5. The Morgan fingerprint density at radius 2 is 0.966 bits per heavy atom. The molecule has 4 aromatic heterocycles. The Balaban J connectivity index is 0.984. The molecule has 0 atom stereocenters. The first-order valence-electron chi connectivity index (χ1n) is 20.0. The van der Waals surface area contributed by atoms with Gasteiger partial charge in [0, 0.05) is 65.1 Å². The molecular weight excluding hydrogens is 735 g/mol. The molecular formula is C55H31N3S. The molecule has 0 saturated carbocycles. The largest absolute Gasteiger partial charge is 0.254 e. The summed E-state index contributed by atoms with van der Waals surface area (Å²) >= 11 is 1.88. The molecule has 3 nitrogen and oxygen atoms in total. The van der Waals surface area contributed by atoms with E-state index in [0.717, 1.165) is 44.1 Å². The quantitative estimate of drug-likeness (QED) is 0.168. The van der Waals surface area contributed by atoms with Crippen LogP contribution in [0.1, 0.15) is 0 Å². The molecule has 0 unspecified atom stereocenters. The van der Waals surface area contributed by atoms with Gasteiger partial charge >= 0.3 is 0 Å². The molecule has 0 N–H and O–H groups in total. The molecule has 0 saturated heterocycles. The van der Waals surface area contributed by atoms with E-state index in [-0.39, 0.29) is 0 Å². The van der Waals surface area contributed by atoms with Gasteiger partial charge in [-0.2, -0.15) is 0 Å². The number of hydrogen-bond acceptors (Lipinski definition) is 4. The van der Waals surface area contributed by atoms with Gasteiger partial charge in [0.1, 0.15) is 0 Å². The molecule has 13 aromatic rings. The minimum atomic E-state index is 0.929. The Morgan fingerprint density at radius 1 is 0.356 bits per heavy atom. The smallest absolute Gasteiger partial charge is 0.0970 e. The zero-order valence-electron chi connectivity index (χ0n) is 31.6. The highest BCUT2D eigenvalue weighted by Gasteiger charge is 2.18. The van der Waals surface area contributed by atoms with Crippen molar-refractivity contribution in [3.05, 3.63) is 188 Å². The van der Waals surface area contributed by atoms with E-state index in [9.17, 15) is 0 Å².